The summed E-state index contributed by atoms with van der Waals surface area (Å²) in [4.78, 5) is 29.0. The van der Waals surface area contributed by atoms with Crippen molar-refractivity contribution in [3.05, 3.63) is 83.9 Å². The second kappa shape index (κ2) is 8.62. The van der Waals surface area contributed by atoms with Gasteiger partial charge in [0.05, 0.1) is 11.4 Å². The highest BCUT2D eigenvalue weighted by atomic mass is 16.2. The van der Waals surface area contributed by atoms with E-state index in [2.05, 4.69) is 33.7 Å². The van der Waals surface area contributed by atoms with Gasteiger partial charge in [0.1, 0.15) is 6.04 Å². The quantitative estimate of drug-likeness (QED) is 0.584. The maximum absolute atomic E-state index is 12.9. The van der Waals surface area contributed by atoms with E-state index in [1.807, 2.05) is 68.6 Å². The number of hydrogen-bond acceptors (Lipinski definition) is 4. The maximum Gasteiger partial charge on any atom is 0.251 e. The van der Waals surface area contributed by atoms with Crippen molar-refractivity contribution < 1.29 is 9.59 Å². The molecule has 0 spiro atoms. The summed E-state index contributed by atoms with van der Waals surface area (Å²) in [5, 5.41) is 6.45. The molecule has 6 heteroatoms. The van der Waals surface area contributed by atoms with Crippen LogP contribution in [0.4, 0.5) is 22.7 Å². The van der Waals surface area contributed by atoms with Gasteiger partial charge in [0.2, 0.25) is 5.91 Å². The van der Waals surface area contributed by atoms with Crippen molar-refractivity contribution >= 4 is 34.6 Å². The standard InChI is InChI=1S/C27H28N4O2/c1-18-27(33)30(2)24-15-14-23(16-25(24)31(18)17-19-6-4-3-5-7-19)28-21-10-8-20(9-11-21)26(32)29-22-12-13-22/h3-11,14-16,18,22,28H,12-13,17H2,1-2H3,(H,29,32). The second-order valence-corrected chi connectivity index (χ2v) is 8.84. The van der Waals surface area contributed by atoms with Crippen LogP contribution in [0.1, 0.15) is 35.7 Å². The van der Waals surface area contributed by atoms with E-state index in [1.165, 1.54) is 0 Å². The summed E-state index contributed by atoms with van der Waals surface area (Å²) in [6.45, 7) is 2.61. The zero-order chi connectivity index (χ0) is 22.9. The summed E-state index contributed by atoms with van der Waals surface area (Å²) in [5.74, 6) is 0.0651. The lowest BCUT2D eigenvalue weighted by Gasteiger charge is -2.40. The smallest absolute Gasteiger partial charge is 0.251 e. The van der Waals surface area contributed by atoms with Gasteiger partial charge in [-0.2, -0.15) is 0 Å². The molecule has 1 atom stereocenters. The largest absolute Gasteiger partial charge is 0.355 e. The lowest BCUT2D eigenvalue weighted by molar-refractivity contribution is -0.119. The Balaban J connectivity index is 1.39. The predicted octanol–water partition coefficient (Wildman–Crippen LogP) is 4.69. The molecule has 5 rings (SSSR count). The molecule has 0 radical (unpaired) electrons. The number of nitrogens with zero attached hydrogens (tertiary/aromatic N) is 2. The van der Waals surface area contributed by atoms with Crippen LogP contribution in [-0.2, 0) is 11.3 Å². The van der Waals surface area contributed by atoms with Crippen molar-refractivity contribution in [2.75, 3.05) is 22.2 Å². The molecule has 1 aliphatic carbocycles. The van der Waals surface area contributed by atoms with Crippen molar-refractivity contribution in [2.45, 2.75) is 38.4 Å². The normalized spacial score (nSPS) is 17.5. The van der Waals surface area contributed by atoms with Crippen LogP contribution >= 0.6 is 0 Å². The molecule has 1 aliphatic heterocycles. The molecule has 33 heavy (non-hydrogen) atoms. The highest BCUT2D eigenvalue weighted by Gasteiger charge is 2.33. The van der Waals surface area contributed by atoms with Crippen LogP contribution in [0.15, 0.2) is 72.8 Å². The van der Waals surface area contributed by atoms with E-state index in [4.69, 9.17) is 0 Å². The van der Waals surface area contributed by atoms with Crippen LogP contribution < -0.4 is 20.4 Å². The van der Waals surface area contributed by atoms with Gasteiger partial charge in [-0.05, 0) is 67.8 Å². The molecule has 1 saturated carbocycles. The molecular weight excluding hydrogens is 412 g/mol. The van der Waals surface area contributed by atoms with Gasteiger partial charge in [-0.25, -0.2) is 0 Å². The Morgan fingerprint density at radius 3 is 2.33 bits per heavy atom. The number of nitrogens with one attached hydrogen (secondary N) is 2. The molecule has 6 nitrogen and oxygen atoms in total. The van der Waals surface area contributed by atoms with Gasteiger partial charge in [0, 0.05) is 36.6 Å². The van der Waals surface area contributed by atoms with Crippen LogP contribution in [-0.4, -0.2) is 30.9 Å². The fraction of sp³-hybridized carbons (Fsp3) is 0.259. The topological polar surface area (TPSA) is 64.7 Å². The monoisotopic (exact) mass is 440 g/mol. The van der Waals surface area contributed by atoms with Gasteiger partial charge in [-0.3, -0.25) is 9.59 Å². The molecule has 168 valence electrons. The summed E-state index contributed by atoms with van der Waals surface area (Å²) >= 11 is 0. The van der Waals surface area contributed by atoms with Crippen molar-refractivity contribution in [1.82, 2.24) is 5.32 Å². The Morgan fingerprint density at radius 1 is 0.939 bits per heavy atom. The van der Waals surface area contributed by atoms with Gasteiger partial charge < -0.3 is 20.4 Å². The number of carbonyl (C=O) groups is 2. The first-order chi connectivity index (χ1) is 16.0. The summed E-state index contributed by atoms with van der Waals surface area (Å²) in [7, 11) is 1.83. The van der Waals surface area contributed by atoms with Crippen LogP contribution in [0, 0.1) is 0 Å². The first-order valence-electron chi connectivity index (χ1n) is 11.4. The lowest BCUT2D eigenvalue weighted by atomic mass is 10.0. The summed E-state index contributed by atoms with van der Waals surface area (Å²) < 4.78 is 0. The zero-order valence-corrected chi connectivity index (χ0v) is 18.9. The number of benzene rings is 3. The lowest BCUT2D eigenvalue weighted by Crippen LogP contribution is -2.50. The summed E-state index contributed by atoms with van der Waals surface area (Å²) in [5.41, 5.74) is 5.57. The van der Waals surface area contributed by atoms with E-state index in [-0.39, 0.29) is 17.9 Å². The van der Waals surface area contributed by atoms with Crippen LogP contribution in [0.2, 0.25) is 0 Å². The van der Waals surface area contributed by atoms with Crippen LogP contribution in [0.5, 0.6) is 0 Å². The first kappa shape index (κ1) is 21.1. The third kappa shape index (κ3) is 4.42. The number of hydrogen-bond donors (Lipinski definition) is 2. The zero-order valence-electron chi connectivity index (χ0n) is 18.9. The fourth-order valence-corrected chi connectivity index (χ4v) is 4.23. The third-order valence-corrected chi connectivity index (χ3v) is 6.35. The van der Waals surface area contributed by atoms with Gasteiger partial charge in [0.25, 0.3) is 5.91 Å². The van der Waals surface area contributed by atoms with Crippen molar-refractivity contribution in [3.63, 3.8) is 0 Å². The number of anilines is 4. The summed E-state index contributed by atoms with van der Waals surface area (Å²) in [6, 6.07) is 23.9. The Labute approximate surface area is 194 Å². The molecule has 2 aliphatic rings. The van der Waals surface area contributed by atoms with E-state index in [1.54, 1.807) is 4.90 Å². The first-order valence-corrected chi connectivity index (χ1v) is 11.4. The minimum Gasteiger partial charge on any atom is -0.355 e. The molecule has 2 amide bonds. The minimum atomic E-state index is -0.262. The van der Waals surface area contributed by atoms with E-state index in [0.29, 0.717) is 18.2 Å². The van der Waals surface area contributed by atoms with E-state index >= 15 is 0 Å². The van der Waals surface area contributed by atoms with E-state index in [0.717, 1.165) is 41.2 Å². The van der Waals surface area contributed by atoms with E-state index in [9.17, 15) is 9.59 Å². The van der Waals surface area contributed by atoms with Gasteiger partial charge in [0.15, 0.2) is 0 Å². The van der Waals surface area contributed by atoms with Gasteiger partial charge in [-0.1, -0.05) is 30.3 Å². The Bertz CT molecular complexity index is 1170. The fourth-order valence-electron chi connectivity index (χ4n) is 4.23. The molecule has 3 aromatic rings. The molecule has 1 heterocycles. The Hall–Kier alpha value is -3.80. The second-order valence-electron chi connectivity index (χ2n) is 8.84. The Kier molecular flexibility index (Phi) is 5.50. The highest BCUT2D eigenvalue weighted by Crippen LogP contribution is 2.39. The van der Waals surface area contributed by atoms with Gasteiger partial charge >= 0.3 is 0 Å². The van der Waals surface area contributed by atoms with Gasteiger partial charge in [-0.15, -0.1) is 0 Å². The summed E-state index contributed by atoms with van der Waals surface area (Å²) in [6.07, 6.45) is 2.15. The van der Waals surface area contributed by atoms with Crippen LogP contribution in [0.3, 0.4) is 0 Å². The molecule has 1 fully saturated rings. The van der Waals surface area contributed by atoms with Crippen molar-refractivity contribution in [3.8, 4) is 0 Å². The average molecular weight is 441 g/mol. The molecule has 0 bridgehead atoms. The number of likely N-dealkylation sites (N-methyl/N-ethyl adjacent to an activating group) is 1. The van der Waals surface area contributed by atoms with E-state index < -0.39 is 0 Å². The number of rotatable bonds is 6. The molecule has 1 unspecified atom stereocenters. The average Bonchev–Trinajstić information content (AvgIpc) is 3.65. The van der Waals surface area contributed by atoms with Crippen LogP contribution in [0.25, 0.3) is 0 Å². The van der Waals surface area contributed by atoms with Crippen molar-refractivity contribution in [2.24, 2.45) is 0 Å². The maximum atomic E-state index is 12.9. The molecule has 3 aromatic carbocycles. The Morgan fingerprint density at radius 2 is 1.64 bits per heavy atom. The number of fused-ring (bicyclic) bond motifs is 1. The molecule has 2 N–H and O–H groups in total. The number of carbonyl (C=O) groups excluding carboxylic acids is 2. The third-order valence-electron chi connectivity index (χ3n) is 6.35. The number of amides is 2. The molecule has 0 aromatic heterocycles. The molecule has 0 saturated heterocycles. The predicted molar refractivity (Wildman–Crippen MR) is 132 cm³/mol. The highest BCUT2D eigenvalue weighted by molar-refractivity contribution is 6.05. The minimum absolute atomic E-state index is 0.0175. The van der Waals surface area contributed by atoms with Crippen molar-refractivity contribution in [1.29, 1.82) is 0 Å². The SMILES string of the molecule is CC1C(=O)N(C)c2ccc(Nc3ccc(C(=O)NC4CC4)cc3)cc2N1Cc1ccccc1. The molecular formula is C27H28N4O2.